The zero-order valence-corrected chi connectivity index (χ0v) is 11.0. The minimum Gasteiger partial charge on any atom is -0.396 e. The molecule has 2 aliphatic carbocycles. The molecule has 1 fully saturated rings. The summed E-state index contributed by atoms with van der Waals surface area (Å²) in [4.78, 5) is 0. The number of hydrogen-bond acceptors (Lipinski definition) is 1. The van der Waals surface area contributed by atoms with Crippen molar-refractivity contribution < 1.29 is 5.11 Å². The van der Waals surface area contributed by atoms with Crippen molar-refractivity contribution in [1.82, 2.24) is 0 Å². The third-order valence-electron chi connectivity index (χ3n) is 5.29. The quantitative estimate of drug-likeness (QED) is 0.705. The molecule has 0 radical (unpaired) electrons. The number of hydrogen-bond donors (Lipinski definition) is 1. The van der Waals surface area contributed by atoms with Crippen LogP contribution >= 0.6 is 0 Å². The highest BCUT2D eigenvalue weighted by Crippen LogP contribution is 2.53. The van der Waals surface area contributed by atoms with Gasteiger partial charge in [0.05, 0.1) is 0 Å². The molecule has 1 heteroatoms. The van der Waals surface area contributed by atoms with E-state index in [1.807, 2.05) is 0 Å². The van der Waals surface area contributed by atoms with Gasteiger partial charge in [0.2, 0.25) is 0 Å². The molecule has 0 aromatic heterocycles. The third kappa shape index (κ3) is 2.07. The Morgan fingerprint density at radius 2 is 2.25 bits per heavy atom. The van der Waals surface area contributed by atoms with Crippen LogP contribution in [-0.2, 0) is 0 Å². The molecule has 1 saturated carbocycles. The molecule has 0 saturated heterocycles. The van der Waals surface area contributed by atoms with E-state index in [2.05, 4.69) is 26.8 Å². The molecule has 2 aliphatic rings. The van der Waals surface area contributed by atoms with Crippen LogP contribution in [0.15, 0.2) is 11.6 Å². The van der Waals surface area contributed by atoms with Crippen molar-refractivity contribution in [2.45, 2.75) is 52.9 Å². The number of aliphatic hydroxyl groups excluding tert-OH is 1. The van der Waals surface area contributed by atoms with Crippen LogP contribution < -0.4 is 0 Å². The first-order chi connectivity index (χ1) is 7.57. The summed E-state index contributed by atoms with van der Waals surface area (Å²) in [5.74, 6) is 2.01. The van der Waals surface area contributed by atoms with Crippen molar-refractivity contribution in [2.75, 3.05) is 6.61 Å². The molecule has 2 rings (SSSR count). The van der Waals surface area contributed by atoms with Crippen molar-refractivity contribution >= 4 is 0 Å². The van der Waals surface area contributed by atoms with Crippen molar-refractivity contribution in [3.8, 4) is 0 Å². The van der Waals surface area contributed by atoms with Gasteiger partial charge in [-0.25, -0.2) is 0 Å². The number of rotatable bonds is 2. The van der Waals surface area contributed by atoms with E-state index < -0.39 is 0 Å². The summed E-state index contributed by atoms with van der Waals surface area (Å²) < 4.78 is 0. The Bertz CT molecular complexity index is 281. The number of aliphatic hydroxyl groups is 1. The third-order valence-corrected chi connectivity index (χ3v) is 5.29. The van der Waals surface area contributed by atoms with Crippen molar-refractivity contribution in [2.24, 2.45) is 23.2 Å². The van der Waals surface area contributed by atoms with E-state index >= 15 is 0 Å². The molecule has 0 aromatic rings. The Labute approximate surface area is 99.9 Å². The zero-order chi connectivity index (χ0) is 11.8. The van der Waals surface area contributed by atoms with Crippen LogP contribution in [0.25, 0.3) is 0 Å². The van der Waals surface area contributed by atoms with Crippen LogP contribution in [0.2, 0.25) is 0 Å². The Morgan fingerprint density at radius 3 is 2.94 bits per heavy atom. The Balaban J connectivity index is 2.12. The van der Waals surface area contributed by atoms with Gasteiger partial charge in [-0.15, -0.1) is 0 Å². The van der Waals surface area contributed by atoms with Gasteiger partial charge in [-0.3, -0.25) is 0 Å². The lowest BCUT2D eigenvalue weighted by atomic mass is 9.57. The maximum atomic E-state index is 9.30. The number of fused-ring (bicyclic) bond motifs is 1. The first-order valence-corrected chi connectivity index (χ1v) is 6.84. The largest absolute Gasteiger partial charge is 0.396 e. The lowest BCUT2D eigenvalue weighted by molar-refractivity contribution is 0.0520. The summed E-state index contributed by atoms with van der Waals surface area (Å²) in [6.45, 7) is 7.36. The summed E-state index contributed by atoms with van der Waals surface area (Å²) in [6, 6.07) is 0. The fraction of sp³-hybridized carbons (Fsp3) is 0.867. The van der Waals surface area contributed by atoms with Crippen molar-refractivity contribution in [3.05, 3.63) is 11.6 Å². The van der Waals surface area contributed by atoms with Gasteiger partial charge < -0.3 is 5.11 Å². The first kappa shape index (κ1) is 12.2. The predicted molar refractivity (Wildman–Crippen MR) is 68.2 cm³/mol. The first-order valence-electron chi connectivity index (χ1n) is 6.84. The molecule has 4 atom stereocenters. The van der Waals surface area contributed by atoms with E-state index in [0.717, 1.165) is 11.8 Å². The lowest BCUT2D eigenvalue weighted by Gasteiger charge is -2.48. The Morgan fingerprint density at radius 1 is 1.50 bits per heavy atom. The van der Waals surface area contributed by atoms with Gasteiger partial charge in [-0.1, -0.05) is 25.5 Å². The van der Waals surface area contributed by atoms with Gasteiger partial charge in [0.1, 0.15) is 0 Å². The van der Waals surface area contributed by atoms with E-state index in [0.29, 0.717) is 17.9 Å². The zero-order valence-electron chi connectivity index (χ0n) is 11.0. The lowest BCUT2D eigenvalue weighted by Crippen LogP contribution is -2.38. The van der Waals surface area contributed by atoms with Crippen LogP contribution in [0.5, 0.6) is 0 Å². The molecule has 0 spiro atoms. The second-order valence-corrected chi connectivity index (χ2v) is 6.39. The van der Waals surface area contributed by atoms with Gasteiger partial charge in [-0.2, -0.15) is 0 Å². The molecule has 0 amide bonds. The average molecular weight is 222 g/mol. The normalized spacial score (nSPS) is 41.1. The van der Waals surface area contributed by atoms with Crippen LogP contribution in [0.1, 0.15) is 52.9 Å². The molecule has 0 aromatic carbocycles. The smallest absolute Gasteiger partial charge is 0.0459 e. The maximum Gasteiger partial charge on any atom is 0.0459 e. The minimum absolute atomic E-state index is 0.358. The standard InChI is InChI=1S/C15H26O/c1-11-5-4-7-15(3)8-6-13(9-14(11)15)12(2)10-16/h5,12-14,16H,4,6-10H2,1-3H3/t12-,13+,14+,15-/m0/s1. The second kappa shape index (κ2) is 4.52. The molecular weight excluding hydrogens is 196 g/mol. The minimum atomic E-state index is 0.358. The monoisotopic (exact) mass is 222 g/mol. The van der Waals surface area contributed by atoms with Crippen molar-refractivity contribution in [1.29, 1.82) is 0 Å². The summed E-state index contributed by atoms with van der Waals surface area (Å²) in [5, 5.41) is 9.30. The van der Waals surface area contributed by atoms with Gasteiger partial charge in [0, 0.05) is 6.61 Å². The highest BCUT2D eigenvalue weighted by Gasteiger charge is 2.42. The van der Waals surface area contributed by atoms with Crippen molar-refractivity contribution in [3.63, 3.8) is 0 Å². The molecule has 1 N–H and O–H groups in total. The fourth-order valence-electron chi connectivity index (χ4n) is 3.87. The summed E-state index contributed by atoms with van der Waals surface area (Å²) in [7, 11) is 0. The van der Waals surface area contributed by atoms with Gasteiger partial charge in [0.25, 0.3) is 0 Å². The summed E-state index contributed by atoms with van der Waals surface area (Å²) >= 11 is 0. The van der Waals surface area contributed by atoms with Gasteiger partial charge in [0.15, 0.2) is 0 Å². The van der Waals surface area contributed by atoms with Gasteiger partial charge in [-0.05, 0) is 62.2 Å². The van der Waals surface area contributed by atoms with Crippen LogP contribution in [-0.4, -0.2) is 11.7 Å². The molecule has 0 bridgehead atoms. The van der Waals surface area contributed by atoms with E-state index in [4.69, 9.17) is 0 Å². The predicted octanol–water partition coefficient (Wildman–Crippen LogP) is 3.78. The summed E-state index contributed by atoms with van der Waals surface area (Å²) in [5.41, 5.74) is 2.17. The Hall–Kier alpha value is -0.300. The van der Waals surface area contributed by atoms with Crippen LogP contribution in [0.4, 0.5) is 0 Å². The summed E-state index contributed by atoms with van der Waals surface area (Å²) in [6.07, 6.45) is 9.08. The molecule has 0 heterocycles. The number of allylic oxidation sites excluding steroid dienone is 2. The molecule has 0 aliphatic heterocycles. The fourth-order valence-corrected chi connectivity index (χ4v) is 3.87. The second-order valence-electron chi connectivity index (χ2n) is 6.39. The van der Waals surface area contributed by atoms with Crippen LogP contribution in [0, 0.1) is 23.2 Å². The molecule has 92 valence electrons. The molecular formula is C15H26O. The van der Waals surface area contributed by atoms with Gasteiger partial charge >= 0.3 is 0 Å². The maximum absolute atomic E-state index is 9.30. The van der Waals surface area contributed by atoms with E-state index in [1.165, 1.54) is 32.1 Å². The Kier molecular flexibility index (Phi) is 3.44. The SMILES string of the molecule is CC1=CCC[C@@]2(C)CC[C@@H]([C@@H](C)CO)C[C@H]12. The highest BCUT2D eigenvalue weighted by molar-refractivity contribution is 5.14. The highest BCUT2D eigenvalue weighted by atomic mass is 16.3. The van der Waals surface area contributed by atoms with Crippen LogP contribution in [0.3, 0.4) is 0 Å². The van der Waals surface area contributed by atoms with E-state index in [1.54, 1.807) is 5.57 Å². The van der Waals surface area contributed by atoms with E-state index in [9.17, 15) is 5.11 Å². The topological polar surface area (TPSA) is 20.2 Å². The molecule has 1 nitrogen and oxygen atoms in total. The molecule has 0 unspecified atom stereocenters. The van der Waals surface area contributed by atoms with E-state index in [-0.39, 0.29) is 0 Å². The average Bonchev–Trinajstić information content (AvgIpc) is 2.27. The molecule has 16 heavy (non-hydrogen) atoms.